The molecule has 29 heavy (non-hydrogen) atoms. The number of hydrogen-bond donors (Lipinski definition) is 1. The predicted octanol–water partition coefficient (Wildman–Crippen LogP) is 5.69. The van der Waals surface area contributed by atoms with Gasteiger partial charge in [-0.2, -0.15) is 0 Å². The van der Waals surface area contributed by atoms with Crippen molar-refractivity contribution in [3.05, 3.63) is 58.1 Å². The minimum Gasteiger partial charge on any atom is -0.388 e. The molecule has 150 valence electrons. The maximum absolute atomic E-state index is 12.2. The number of aromatic nitrogens is 1. The third kappa shape index (κ3) is 2.85. The van der Waals surface area contributed by atoms with Crippen molar-refractivity contribution in [3.63, 3.8) is 0 Å². The Kier molecular flexibility index (Phi) is 4.73. The molecule has 1 aliphatic heterocycles. The molecule has 1 aliphatic carbocycles. The summed E-state index contributed by atoms with van der Waals surface area (Å²) in [5.41, 5.74) is 6.30. The molecule has 4 nitrogen and oxygen atoms in total. The molecule has 0 bridgehead atoms. The molecule has 2 aromatic carbocycles. The number of Topliss-reactive ketones (excluding diaryl/α,β-unsaturated/α-hetero) is 1. The van der Waals surface area contributed by atoms with Gasteiger partial charge in [0.2, 0.25) is 0 Å². The normalized spacial score (nSPS) is 18.8. The van der Waals surface area contributed by atoms with Gasteiger partial charge in [0.1, 0.15) is 6.61 Å². The third-order valence-corrected chi connectivity index (χ3v) is 6.75. The number of fused-ring (bicyclic) bond motifs is 5. The molecule has 1 fully saturated rings. The van der Waals surface area contributed by atoms with Gasteiger partial charge in [0.25, 0.3) is 0 Å². The summed E-state index contributed by atoms with van der Waals surface area (Å²) in [6.07, 6.45) is 5.89. The van der Waals surface area contributed by atoms with E-state index >= 15 is 0 Å². The van der Waals surface area contributed by atoms with Crippen molar-refractivity contribution >= 4 is 28.3 Å². The number of aliphatic hydroxyl groups excluding tert-OH is 1. The van der Waals surface area contributed by atoms with Gasteiger partial charge in [0, 0.05) is 34.2 Å². The minimum atomic E-state index is -0.488. The first-order valence-electron chi connectivity index (χ1n) is 10.3. The molecule has 1 aromatic heterocycles. The Morgan fingerprint density at radius 2 is 1.97 bits per heavy atom. The number of ketones is 1. The number of rotatable bonds is 4. The summed E-state index contributed by atoms with van der Waals surface area (Å²) in [5, 5.41) is 11.2. The van der Waals surface area contributed by atoms with Crippen molar-refractivity contribution in [2.24, 2.45) is 0 Å². The first-order valence-corrected chi connectivity index (χ1v) is 10.7. The monoisotopic (exact) mass is 409 g/mol. The minimum absolute atomic E-state index is 0.269. The lowest BCUT2D eigenvalue weighted by atomic mass is 9.81. The zero-order chi connectivity index (χ0) is 20.1. The molecule has 2 aliphatic rings. The summed E-state index contributed by atoms with van der Waals surface area (Å²) in [4.78, 5) is 12.2. The van der Waals surface area contributed by atoms with Gasteiger partial charge in [-0.25, -0.2) is 0 Å². The number of halogens is 1. The second kappa shape index (κ2) is 7.28. The van der Waals surface area contributed by atoms with Crippen LogP contribution in [0.2, 0.25) is 5.02 Å². The van der Waals surface area contributed by atoms with Crippen molar-refractivity contribution in [1.29, 1.82) is 0 Å². The molecule has 0 saturated heterocycles. The molecule has 1 N–H and O–H groups in total. The summed E-state index contributed by atoms with van der Waals surface area (Å²) in [5.74, 6) is 0.232. The number of carbonyl (C=O) groups is 1. The van der Waals surface area contributed by atoms with E-state index in [1.165, 1.54) is 48.7 Å². The highest BCUT2D eigenvalue weighted by molar-refractivity contribution is 6.30. The van der Waals surface area contributed by atoms with Gasteiger partial charge >= 0.3 is 0 Å². The van der Waals surface area contributed by atoms with E-state index in [4.69, 9.17) is 16.3 Å². The number of ether oxygens (including phenoxy) is 1. The highest BCUT2D eigenvalue weighted by Crippen LogP contribution is 2.51. The van der Waals surface area contributed by atoms with Crippen LogP contribution in [-0.2, 0) is 4.74 Å². The molecule has 1 saturated carbocycles. The lowest BCUT2D eigenvalue weighted by Crippen LogP contribution is -2.09. The highest BCUT2D eigenvalue weighted by Gasteiger charge is 2.36. The van der Waals surface area contributed by atoms with Crippen molar-refractivity contribution in [2.75, 3.05) is 13.7 Å². The Balaban J connectivity index is 1.83. The lowest BCUT2D eigenvalue weighted by Gasteiger charge is -2.23. The SMILES string of the molecule is COC1c2cc(Cl)ccc2-c2c(C3CCCCC3)c3ccc(C(=O)CO)cc3n21. The molecule has 1 atom stereocenters. The molecule has 2 heterocycles. The van der Waals surface area contributed by atoms with E-state index in [2.05, 4.69) is 16.7 Å². The number of benzene rings is 2. The Labute approximate surface area is 175 Å². The number of methoxy groups -OCH3 is 1. The maximum atomic E-state index is 12.2. The molecule has 0 spiro atoms. The lowest BCUT2D eigenvalue weighted by molar-refractivity contribution is 0.0882. The molecule has 3 aromatic rings. The van der Waals surface area contributed by atoms with Crippen LogP contribution in [0.5, 0.6) is 0 Å². The standard InChI is InChI=1S/C24H24ClNO3/c1-29-24-19-12-16(25)8-10-17(19)23-22(14-5-3-2-4-6-14)18-9-7-15(21(28)13-27)11-20(18)26(23)24/h7-12,14,24,27H,2-6,13H2,1H3. The number of nitrogens with zero attached hydrogens (tertiary/aromatic N) is 1. The summed E-state index contributed by atoms with van der Waals surface area (Å²) < 4.78 is 8.14. The molecule has 1 unspecified atom stereocenters. The summed E-state index contributed by atoms with van der Waals surface area (Å²) in [6.45, 7) is -0.488. The van der Waals surface area contributed by atoms with Gasteiger partial charge < -0.3 is 14.4 Å². The number of hydrogen-bond acceptors (Lipinski definition) is 3. The van der Waals surface area contributed by atoms with Crippen LogP contribution in [0.4, 0.5) is 0 Å². The van der Waals surface area contributed by atoms with Crippen LogP contribution in [0, 0.1) is 0 Å². The van der Waals surface area contributed by atoms with Crippen LogP contribution in [0.1, 0.15) is 65.7 Å². The van der Waals surface area contributed by atoms with Crippen LogP contribution in [0.3, 0.4) is 0 Å². The van der Waals surface area contributed by atoms with Gasteiger partial charge in [-0.05, 0) is 42.5 Å². The van der Waals surface area contributed by atoms with Crippen LogP contribution in [-0.4, -0.2) is 29.2 Å². The van der Waals surface area contributed by atoms with Crippen molar-refractivity contribution < 1.29 is 14.6 Å². The average molecular weight is 410 g/mol. The average Bonchev–Trinajstić information content (AvgIpc) is 3.25. The molecule has 0 radical (unpaired) electrons. The van der Waals surface area contributed by atoms with Crippen LogP contribution >= 0.6 is 11.6 Å². The van der Waals surface area contributed by atoms with E-state index in [9.17, 15) is 9.90 Å². The Morgan fingerprint density at radius 3 is 2.69 bits per heavy atom. The third-order valence-electron chi connectivity index (χ3n) is 6.52. The first kappa shape index (κ1) is 18.9. The Morgan fingerprint density at radius 1 is 1.17 bits per heavy atom. The molecule has 5 rings (SSSR count). The van der Waals surface area contributed by atoms with E-state index < -0.39 is 6.61 Å². The first-order chi connectivity index (χ1) is 14.1. The quantitative estimate of drug-likeness (QED) is 0.563. The molecular formula is C24H24ClNO3. The fourth-order valence-electron chi connectivity index (χ4n) is 5.25. The zero-order valence-corrected chi connectivity index (χ0v) is 17.2. The van der Waals surface area contributed by atoms with E-state index in [0.29, 0.717) is 16.5 Å². The van der Waals surface area contributed by atoms with Crippen molar-refractivity contribution in [2.45, 2.75) is 44.2 Å². The summed E-state index contributed by atoms with van der Waals surface area (Å²) in [6, 6.07) is 11.8. The largest absolute Gasteiger partial charge is 0.388 e. The second-order valence-corrected chi connectivity index (χ2v) is 8.54. The van der Waals surface area contributed by atoms with E-state index in [0.717, 1.165) is 16.6 Å². The number of aliphatic hydroxyl groups is 1. The molecule has 5 heteroatoms. The van der Waals surface area contributed by atoms with Crippen molar-refractivity contribution in [1.82, 2.24) is 4.57 Å². The van der Waals surface area contributed by atoms with Crippen molar-refractivity contribution in [3.8, 4) is 11.3 Å². The second-order valence-electron chi connectivity index (χ2n) is 8.10. The summed E-state index contributed by atoms with van der Waals surface area (Å²) in [7, 11) is 1.71. The van der Waals surface area contributed by atoms with E-state index in [1.807, 2.05) is 24.3 Å². The van der Waals surface area contributed by atoms with Gasteiger partial charge in [-0.1, -0.05) is 49.1 Å². The van der Waals surface area contributed by atoms with Gasteiger partial charge in [0.05, 0.1) is 11.2 Å². The maximum Gasteiger partial charge on any atom is 0.188 e. The highest BCUT2D eigenvalue weighted by atomic mass is 35.5. The van der Waals surface area contributed by atoms with Gasteiger partial charge in [-0.15, -0.1) is 0 Å². The Bertz CT molecular complexity index is 1110. The zero-order valence-electron chi connectivity index (χ0n) is 16.5. The van der Waals surface area contributed by atoms with Crippen LogP contribution in [0.15, 0.2) is 36.4 Å². The smallest absolute Gasteiger partial charge is 0.188 e. The fraction of sp³-hybridized carbons (Fsp3) is 0.375. The number of carbonyl (C=O) groups excluding carboxylic acids is 1. The molecular weight excluding hydrogens is 386 g/mol. The Hall–Kier alpha value is -2.14. The van der Waals surface area contributed by atoms with Crippen LogP contribution < -0.4 is 0 Å². The fourth-order valence-corrected chi connectivity index (χ4v) is 5.43. The van der Waals surface area contributed by atoms with E-state index in [-0.39, 0.29) is 12.0 Å². The van der Waals surface area contributed by atoms with Gasteiger partial charge in [0.15, 0.2) is 12.0 Å². The predicted molar refractivity (Wildman–Crippen MR) is 115 cm³/mol. The van der Waals surface area contributed by atoms with Gasteiger partial charge in [-0.3, -0.25) is 4.79 Å². The molecule has 0 amide bonds. The topological polar surface area (TPSA) is 51.5 Å². The van der Waals surface area contributed by atoms with Crippen LogP contribution in [0.25, 0.3) is 22.2 Å². The summed E-state index contributed by atoms with van der Waals surface area (Å²) >= 11 is 6.31. The van der Waals surface area contributed by atoms with E-state index in [1.54, 1.807) is 7.11 Å².